The van der Waals surface area contributed by atoms with Crippen LogP contribution in [0.3, 0.4) is 0 Å². The van der Waals surface area contributed by atoms with Crippen molar-refractivity contribution >= 4 is 16.4 Å². The minimum Gasteiger partial charge on any atom is -0.457 e. The van der Waals surface area contributed by atoms with Crippen LogP contribution in [0.25, 0.3) is 0 Å². The third-order valence-corrected chi connectivity index (χ3v) is 11.3. The molecular weight excluding hydrogens is 825 g/mol. The molecule has 63 heavy (non-hydrogen) atoms. The minimum atomic E-state index is -5.07. The molecular formula is C50H88O12S. The number of aliphatic hydroxyl groups is 3. The number of rotatable bonds is 42. The first-order chi connectivity index (χ1) is 30.6. The molecule has 6 atom stereocenters. The van der Waals surface area contributed by atoms with E-state index in [1.807, 2.05) is 0 Å². The van der Waals surface area contributed by atoms with Crippen molar-refractivity contribution in [1.82, 2.24) is 0 Å². The average Bonchev–Trinajstić information content (AvgIpc) is 3.26. The molecule has 0 aliphatic carbocycles. The lowest BCUT2D eigenvalue weighted by Crippen LogP contribution is -2.60. The maximum Gasteiger partial charge on any atom is 0.397 e. The minimum absolute atomic E-state index is 0.0284. The lowest BCUT2D eigenvalue weighted by Gasteiger charge is -2.41. The summed E-state index contributed by atoms with van der Waals surface area (Å²) in [6.07, 6.45) is 42.5. The zero-order valence-corrected chi connectivity index (χ0v) is 39.9. The molecule has 1 fully saturated rings. The first-order valence-electron chi connectivity index (χ1n) is 24.5. The van der Waals surface area contributed by atoms with Gasteiger partial charge in [-0.3, -0.25) is 9.35 Å². The first kappa shape index (κ1) is 58.8. The Morgan fingerprint density at radius 2 is 1.10 bits per heavy atom. The first-order valence-corrected chi connectivity index (χ1v) is 25.9. The standard InChI is InChI=1S/C50H88O12S/c1-3-5-7-9-11-13-15-17-18-19-20-21-22-23-24-25-26-27-29-31-33-35-37-39-46(52)60-44(42-58-40-38-36-34-32-30-28-16-14-12-10-8-6-4-2)43-59-50-48(54)49(62-63(55,56)57)47(53)45(41-51)61-50/h5,7,11-14,17-18,20-21,44-45,47-51,53-54H,3-4,6,8-10,15-16,19,22-43H2,1-2H3,(H,55,56,57)/b7-5-,13-11-,14-12-,18-17-,21-20-. The molecule has 0 saturated carbocycles. The molecule has 1 heterocycles. The summed E-state index contributed by atoms with van der Waals surface area (Å²) < 4.78 is 59.1. The largest absolute Gasteiger partial charge is 0.457 e. The second-order valence-corrected chi connectivity index (χ2v) is 17.7. The van der Waals surface area contributed by atoms with Gasteiger partial charge in [-0.2, -0.15) is 8.42 Å². The molecule has 12 nitrogen and oxygen atoms in total. The van der Waals surface area contributed by atoms with Crippen LogP contribution in [0.15, 0.2) is 60.8 Å². The Labute approximate surface area is 382 Å². The molecule has 0 amide bonds. The van der Waals surface area contributed by atoms with E-state index in [1.54, 1.807) is 0 Å². The molecule has 0 bridgehead atoms. The third-order valence-electron chi connectivity index (χ3n) is 10.9. The molecule has 366 valence electrons. The predicted molar refractivity (Wildman–Crippen MR) is 253 cm³/mol. The molecule has 0 aromatic carbocycles. The molecule has 0 spiro atoms. The normalized spacial score (nSPS) is 20.4. The number of hydrogen-bond donors (Lipinski definition) is 4. The van der Waals surface area contributed by atoms with E-state index < -0.39 is 59.8 Å². The highest BCUT2D eigenvalue weighted by atomic mass is 32.3. The second kappa shape index (κ2) is 41.2. The van der Waals surface area contributed by atoms with Crippen molar-refractivity contribution < 1.29 is 56.2 Å². The van der Waals surface area contributed by atoms with Crippen LogP contribution in [-0.2, 0) is 38.3 Å². The second-order valence-electron chi connectivity index (χ2n) is 16.7. The van der Waals surface area contributed by atoms with Crippen LogP contribution >= 0.6 is 0 Å². The van der Waals surface area contributed by atoms with Crippen molar-refractivity contribution in [3.8, 4) is 0 Å². The Morgan fingerprint density at radius 1 is 0.619 bits per heavy atom. The molecule has 4 N–H and O–H groups in total. The fraction of sp³-hybridized carbons (Fsp3) is 0.780. The van der Waals surface area contributed by atoms with Gasteiger partial charge in [0.2, 0.25) is 0 Å². The summed E-state index contributed by atoms with van der Waals surface area (Å²) in [6, 6.07) is 0. The predicted octanol–water partition coefficient (Wildman–Crippen LogP) is 10.9. The summed E-state index contributed by atoms with van der Waals surface area (Å²) in [7, 11) is -5.07. The quantitative estimate of drug-likeness (QED) is 0.0197. The van der Waals surface area contributed by atoms with Crippen LogP contribution in [0.5, 0.6) is 0 Å². The van der Waals surface area contributed by atoms with E-state index in [0.717, 1.165) is 77.0 Å². The Kier molecular flexibility index (Phi) is 38.5. The van der Waals surface area contributed by atoms with Gasteiger partial charge in [0, 0.05) is 13.0 Å². The van der Waals surface area contributed by atoms with Crippen molar-refractivity contribution in [3.63, 3.8) is 0 Å². The van der Waals surface area contributed by atoms with Crippen molar-refractivity contribution in [2.75, 3.05) is 26.4 Å². The van der Waals surface area contributed by atoms with Crippen LogP contribution in [0.2, 0.25) is 0 Å². The molecule has 13 heteroatoms. The van der Waals surface area contributed by atoms with Crippen LogP contribution in [0, 0.1) is 0 Å². The summed E-state index contributed by atoms with van der Waals surface area (Å²) in [4.78, 5) is 12.9. The van der Waals surface area contributed by atoms with Crippen LogP contribution in [0.4, 0.5) is 0 Å². The molecule has 0 radical (unpaired) electrons. The summed E-state index contributed by atoms with van der Waals surface area (Å²) in [6.45, 7) is 3.84. The maximum absolute atomic E-state index is 12.9. The highest BCUT2D eigenvalue weighted by Crippen LogP contribution is 2.26. The SMILES string of the molecule is CC/C=C\C/C=C\C/C=C\C/C=C\CCCCCCCCCCCCC(=O)OC(COCCCCCCCC/C=C\CCCCC)COC1OC(CO)C(O)C(OS(=O)(=O)O)C1O. The Morgan fingerprint density at radius 3 is 1.62 bits per heavy atom. The number of carbonyl (C=O) groups excluding carboxylic acids is 1. The zero-order valence-electron chi connectivity index (χ0n) is 39.1. The van der Waals surface area contributed by atoms with E-state index in [9.17, 15) is 33.1 Å². The maximum atomic E-state index is 12.9. The fourth-order valence-corrected chi connectivity index (χ4v) is 7.70. The number of ether oxygens (including phenoxy) is 4. The van der Waals surface area contributed by atoms with E-state index >= 15 is 0 Å². The number of esters is 1. The average molecular weight is 913 g/mol. The van der Waals surface area contributed by atoms with Crippen molar-refractivity contribution in [3.05, 3.63) is 60.8 Å². The van der Waals surface area contributed by atoms with Gasteiger partial charge in [0.05, 0.1) is 19.8 Å². The van der Waals surface area contributed by atoms with Gasteiger partial charge in [0.25, 0.3) is 0 Å². The van der Waals surface area contributed by atoms with E-state index in [0.29, 0.717) is 13.0 Å². The molecule has 1 saturated heterocycles. The van der Waals surface area contributed by atoms with E-state index in [2.05, 4.69) is 78.8 Å². The topological polar surface area (TPSA) is 178 Å². The zero-order chi connectivity index (χ0) is 46.1. The van der Waals surface area contributed by atoms with Gasteiger partial charge < -0.3 is 34.3 Å². The number of aliphatic hydroxyl groups excluding tert-OH is 3. The van der Waals surface area contributed by atoms with Crippen molar-refractivity contribution in [2.24, 2.45) is 0 Å². The smallest absolute Gasteiger partial charge is 0.397 e. The molecule has 6 unspecified atom stereocenters. The van der Waals surface area contributed by atoms with Crippen molar-refractivity contribution in [2.45, 2.75) is 224 Å². The van der Waals surface area contributed by atoms with Crippen LogP contribution in [-0.4, -0.2) is 97.5 Å². The molecule has 0 aromatic heterocycles. The third kappa shape index (κ3) is 34.8. The highest BCUT2D eigenvalue weighted by molar-refractivity contribution is 7.80. The Bertz CT molecular complexity index is 1330. The number of unbranched alkanes of at least 4 members (excludes halogenated alkanes) is 19. The number of hydrogen-bond acceptors (Lipinski definition) is 11. The lowest BCUT2D eigenvalue weighted by atomic mass is 9.99. The Hall–Kier alpha value is -2.20. The van der Waals surface area contributed by atoms with E-state index in [1.165, 1.54) is 83.5 Å². The molecule has 1 rings (SSSR count). The molecule has 0 aromatic rings. The van der Waals surface area contributed by atoms with E-state index in [4.69, 9.17) is 18.9 Å². The van der Waals surface area contributed by atoms with Gasteiger partial charge in [-0.1, -0.05) is 164 Å². The highest BCUT2D eigenvalue weighted by Gasteiger charge is 2.48. The Balaban J connectivity index is 2.36. The van der Waals surface area contributed by atoms with Crippen LogP contribution in [0.1, 0.15) is 187 Å². The van der Waals surface area contributed by atoms with E-state index in [-0.39, 0.29) is 19.6 Å². The summed E-state index contributed by atoms with van der Waals surface area (Å²) >= 11 is 0. The number of allylic oxidation sites excluding steroid dienone is 10. The van der Waals surface area contributed by atoms with Gasteiger partial charge in [-0.05, 0) is 77.0 Å². The number of carbonyl (C=O) groups is 1. The summed E-state index contributed by atoms with van der Waals surface area (Å²) in [5.41, 5.74) is 0. The van der Waals surface area contributed by atoms with Gasteiger partial charge in [0.15, 0.2) is 6.29 Å². The van der Waals surface area contributed by atoms with Gasteiger partial charge in [-0.25, -0.2) is 4.18 Å². The van der Waals surface area contributed by atoms with Crippen molar-refractivity contribution in [1.29, 1.82) is 0 Å². The lowest BCUT2D eigenvalue weighted by molar-refractivity contribution is -0.301. The summed E-state index contributed by atoms with van der Waals surface area (Å²) in [5.74, 6) is -0.408. The fourth-order valence-electron chi connectivity index (χ4n) is 7.19. The van der Waals surface area contributed by atoms with Gasteiger partial charge in [-0.15, -0.1) is 0 Å². The van der Waals surface area contributed by atoms with Gasteiger partial charge in [0.1, 0.15) is 30.5 Å². The molecule has 1 aliphatic heterocycles. The van der Waals surface area contributed by atoms with Gasteiger partial charge >= 0.3 is 16.4 Å². The molecule has 1 aliphatic rings. The monoisotopic (exact) mass is 913 g/mol. The van der Waals surface area contributed by atoms with Crippen LogP contribution < -0.4 is 0 Å². The summed E-state index contributed by atoms with van der Waals surface area (Å²) in [5, 5.41) is 30.7.